The van der Waals surface area contributed by atoms with Crippen LogP contribution in [-0.2, 0) is 15.8 Å². The Morgan fingerprint density at radius 3 is 2.58 bits per heavy atom. The lowest BCUT2D eigenvalue weighted by Gasteiger charge is -2.32. The highest BCUT2D eigenvalue weighted by Gasteiger charge is 2.25. The average molecular weight is 475 g/mol. The van der Waals surface area contributed by atoms with Crippen LogP contribution in [0, 0.1) is 11.3 Å². The van der Waals surface area contributed by atoms with Gasteiger partial charge in [-0.25, -0.2) is 0 Å². The van der Waals surface area contributed by atoms with Crippen LogP contribution in [-0.4, -0.2) is 58.9 Å². The molecule has 11 heteroatoms. The molecule has 0 spiro atoms. The summed E-state index contributed by atoms with van der Waals surface area (Å²) in [4.78, 5) is 37.1. The topological polar surface area (TPSA) is 162 Å². The van der Waals surface area contributed by atoms with E-state index in [1.54, 1.807) is 30.6 Å². The molecule has 1 aromatic heterocycles. The fraction of sp³-hybridized carbons (Fsp3) is 0.409. The van der Waals surface area contributed by atoms with Crippen molar-refractivity contribution in [1.82, 2.24) is 10.3 Å². The van der Waals surface area contributed by atoms with Gasteiger partial charge in [-0.3, -0.25) is 19.8 Å². The highest BCUT2D eigenvalue weighted by atomic mass is 31.2. The van der Waals surface area contributed by atoms with Gasteiger partial charge < -0.3 is 30.5 Å². The number of carbonyl (C=O) groups excluding carboxylic acids is 1. The third-order valence-electron chi connectivity index (χ3n) is 5.60. The molecule has 33 heavy (non-hydrogen) atoms. The maximum atomic E-state index is 12.5. The van der Waals surface area contributed by atoms with E-state index in [4.69, 9.17) is 25.7 Å². The molecule has 0 unspecified atom stereocenters. The van der Waals surface area contributed by atoms with Crippen LogP contribution < -0.4 is 20.7 Å². The average Bonchev–Trinajstić information content (AvgIpc) is 2.80. The van der Waals surface area contributed by atoms with E-state index in [0.717, 1.165) is 31.6 Å². The number of nitrogens with zero attached hydrogens (tertiary/aromatic N) is 2. The second-order valence-corrected chi connectivity index (χ2v) is 9.76. The van der Waals surface area contributed by atoms with Gasteiger partial charge >= 0.3 is 7.60 Å². The molecule has 2 aromatic rings. The molecule has 3 rings (SSSR count). The molecule has 1 amide bonds. The molecule has 10 nitrogen and oxygen atoms in total. The van der Waals surface area contributed by atoms with Crippen LogP contribution in [0.25, 0.3) is 0 Å². The standard InChI is InChI=1S/C22H30N5O5P/c23-21(24)18-2-1-16(7-14-33(29,30)31)20(15-18)32-13-10-26-22(28)17-5-11-27(12-6-17)19-3-8-25-9-4-19/h1-4,8-9,15,17H,5-7,10-14H2,(H3,23,24)(H,26,28)(H2,29,30,31). The number of amidine groups is 1. The number of nitrogens with one attached hydrogen (secondary N) is 2. The first-order chi connectivity index (χ1) is 15.7. The van der Waals surface area contributed by atoms with E-state index in [1.165, 1.54) is 0 Å². The Kier molecular flexibility index (Phi) is 8.43. The number of anilines is 1. The van der Waals surface area contributed by atoms with Crippen molar-refractivity contribution in [2.75, 3.05) is 37.3 Å². The zero-order chi connectivity index (χ0) is 23.8. The minimum atomic E-state index is -4.15. The fourth-order valence-electron chi connectivity index (χ4n) is 3.76. The molecule has 2 heterocycles. The molecule has 1 aromatic carbocycles. The predicted octanol–water partition coefficient (Wildman–Crippen LogP) is 1.50. The van der Waals surface area contributed by atoms with Gasteiger partial charge in [-0.05, 0) is 43.0 Å². The van der Waals surface area contributed by atoms with E-state index >= 15 is 0 Å². The molecule has 1 aliphatic heterocycles. The number of aryl methyl sites for hydroxylation is 1. The number of benzene rings is 1. The van der Waals surface area contributed by atoms with Crippen LogP contribution in [0.3, 0.4) is 0 Å². The van der Waals surface area contributed by atoms with Crippen molar-refractivity contribution in [2.24, 2.45) is 11.7 Å². The number of carbonyl (C=O) groups is 1. The number of nitrogens with two attached hydrogens (primary N) is 1. The maximum absolute atomic E-state index is 12.5. The van der Waals surface area contributed by atoms with E-state index in [2.05, 4.69) is 15.2 Å². The zero-order valence-electron chi connectivity index (χ0n) is 18.3. The Hall–Kier alpha value is -2.94. The van der Waals surface area contributed by atoms with Crippen LogP contribution in [0.15, 0.2) is 42.7 Å². The summed E-state index contributed by atoms with van der Waals surface area (Å²) in [5, 5.41) is 10.5. The third kappa shape index (κ3) is 7.56. The van der Waals surface area contributed by atoms with Gasteiger partial charge in [0.2, 0.25) is 5.91 Å². The Morgan fingerprint density at radius 2 is 1.94 bits per heavy atom. The largest absolute Gasteiger partial charge is 0.491 e. The Morgan fingerprint density at radius 1 is 1.24 bits per heavy atom. The lowest BCUT2D eigenvalue weighted by molar-refractivity contribution is -0.125. The first-order valence-corrected chi connectivity index (χ1v) is 12.6. The smallest absolute Gasteiger partial charge is 0.325 e. The number of nitrogen functional groups attached to an aromatic ring is 1. The van der Waals surface area contributed by atoms with Crippen LogP contribution in [0.4, 0.5) is 5.69 Å². The second kappa shape index (κ2) is 11.3. The molecule has 0 bridgehead atoms. The molecule has 0 atom stereocenters. The number of hydrogen-bond acceptors (Lipinski definition) is 6. The van der Waals surface area contributed by atoms with Crippen molar-refractivity contribution in [3.8, 4) is 5.75 Å². The van der Waals surface area contributed by atoms with E-state index in [0.29, 0.717) is 23.4 Å². The van der Waals surface area contributed by atoms with Crippen molar-refractivity contribution >= 4 is 25.0 Å². The van der Waals surface area contributed by atoms with Gasteiger partial charge in [-0.15, -0.1) is 0 Å². The number of pyridine rings is 1. The van der Waals surface area contributed by atoms with Crippen LogP contribution in [0.2, 0.25) is 0 Å². The highest BCUT2D eigenvalue weighted by Crippen LogP contribution is 2.36. The molecule has 0 radical (unpaired) electrons. The van der Waals surface area contributed by atoms with Crippen molar-refractivity contribution in [2.45, 2.75) is 19.3 Å². The van der Waals surface area contributed by atoms with E-state index in [-0.39, 0.29) is 36.9 Å². The second-order valence-electron chi connectivity index (χ2n) is 7.98. The molecule has 178 valence electrons. The Bertz CT molecular complexity index is 1010. The van der Waals surface area contributed by atoms with E-state index < -0.39 is 7.60 Å². The van der Waals surface area contributed by atoms with Gasteiger partial charge in [-0.1, -0.05) is 12.1 Å². The SMILES string of the molecule is N=C(N)c1ccc(CCP(=O)(O)O)c(OCCNC(=O)C2CCN(c3ccncc3)CC2)c1. The van der Waals surface area contributed by atoms with Crippen molar-refractivity contribution < 1.29 is 23.9 Å². The summed E-state index contributed by atoms with van der Waals surface area (Å²) < 4.78 is 17.0. The van der Waals surface area contributed by atoms with Gasteiger partial charge in [0.25, 0.3) is 0 Å². The molecule has 1 saturated heterocycles. The number of ether oxygens (including phenoxy) is 1. The molecule has 0 saturated carbocycles. The Balaban J connectivity index is 1.48. The number of amides is 1. The summed E-state index contributed by atoms with van der Waals surface area (Å²) in [6.45, 7) is 2.09. The minimum absolute atomic E-state index is 0.00723. The normalized spacial score (nSPS) is 14.7. The minimum Gasteiger partial charge on any atom is -0.491 e. The summed E-state index contributed by atoms with van der Waals surface area (Å²) in [6.07, 6.45) is 4.87. The summed E-state index contributed by atoms with van der Waals surface area (Å²) in [5.74, 6) is 0.207. The summed E-state index contributed by atoms with van der Waals surface area (Å²) >= 11 is 0. The van der Waals surface area contributed by atoms with Gasteiger partial charge in [0.05, 0.1) is 12.7 Å². The number of rotatable bonds is 10. The number of aromatic nitrogens is 1. The lowest BCUT2D eigenvalue weighted by Crippen LogP contribution is -2.41. The Labute approximate surface area is 192 Å². The lowest BCUT2D eigenvalue weighted by atomic mass is 9.95. The third-order valence-corrected chi connectivity index (χ3v) is 6.41. The van der Waals surface area contributed by atoms with Gasteiger partial charge in [-0.2, -0.15) is 0 Å². The monoisotopic (exact) mass is 475 g/mol. The predicted molar refractivity (Wildman–Crippen MR) is 126 cm³/mol. The summed E-state index contributed by atoms with van der Waals surface area (Å²) in [6, 6.07) is 8.77. The molecule has 6 N–H and O–H groups in total. The van der Waals surface area contributed by atoms with Crippen LogP contribution >= 0.6 is 7.60 Å². The molecular formula is C22H30N5O5P. The molecule has 1 aliphatic rings. The van der Waals surface area contributed by atoms with Crippen molar-refractivity contribution in [3.63, 3.8) is 0 Å². The quantitative estimate of drug-likeness (QED) is 0.149. The highest BCUT2D eigenvalue weighted by molar-refractivity contribution is 7.51. The van der Waals surface area contributed by atoms with Crippen molar-refractivity contribution in [3.05, 3.63) is 53.9 Å². The summed E-state index contributed by atoms with van der Waals surface area (Å²) in [7, 11) is -4.15. The fourth-order valence-corrected chi connectivity index (χ4v) is 4.30. The van der Waals surface area contributed by atoms with Crippen LogP contribution in [0.5, 0.6) is 5.75 Å². The van der Waals surface area contributed by atoms with E-state index in [1.807, 2.05) is 12.1 Å². The maximum Gasteiger partial charge on any atom is 0.325 e. The molecule has 1 fully saturated rings. The first kappa shape index (κ1) is 24.7. The van der Waals surface area contributed by atoms with Gasteiger partial charge in [0.15, 0.2) is 0 Å². The summed E-state index contributed by atoms with van der Waals surface area (Å²) in [5.41, 5.74) is 7.71. The van der Waals surface area contributed by atoms with Crippen LogP contribution in [0.1, 0.15) is 24.0 Å². The number of piperidine rings is 1. The first-order valence-electron chi connectivity index (χ1n) is 10.8. The molecular weight excluding hydrogens is 445 g/mol. The van der Waals surface area contributed by atoms with Crippen molar-refractivity contribution in [1.29, 1.82) is 5.41 Å². The van der Waals surface area contributed by atoms with Gasteiger partial charge in [0.1, 0.15) is 18.2 Å². The van der Waals surface area contributed by atoms with Gasteiger partial charge in [0, 0.05) is 42.7 Å². The molecule has 0 aliphatic carbocycles. The number of hydrogen-bond donors (Lipinski definition) is 5. The zero-order valence-corrected chi connectivity index (χ0v) is 19.2. The van der Waals surface area contributed by atoms with E-state index in [9.17, 15) is 9.36 Å².